The third kappa shape index (κ3) is 3.63. The molecule has 5 aliphatic carbocycles. The quantitative estimate of drug-likeness (QED) is 0.768. The molecule has 0 spiro atoms. The van der Waals surface area contributed by atoms with Gasteiger partial charge in [0.1, 0.15) is 0 Å². The van der Waals surface area contributed by atoms with Crippen molar-refractivity contribution < 1.29 is 14.3 Å². The molecule has 0 heterocycles. The van der Waals surface area contributed by atoms with Crippen molar-refractivity contribution >= 4 is 11.9 Å². The number of amides is 1. The maximum absolute atomic E-state index is 12.9. The van der Waals surface area contributed by atoms with Crippen LogP contribution < -0.4 is 5.32 Å². The highest BCUT2D eigenvalue weighted by molar-refractivity contribution is 5.85. The lowest BCUT2D eigenvalue weighted by Gasteiger charge is -2.56. The molecule has 4 nitrogen and oxygen atoms in total. The van der Waals surface area contributed by atoms with E-state index < -0.39 is 6.10 Å². The average molecular weight is 367 g/mol. The van der Waals surface area contributed by atoms with Crippen molar-refractivity contribution in [1.82, 2.24) is 5.32 Å². The lowest BCUT2D eigenvalue weighted by atomic mass is 9.49. The van der Waals surface area contributed by atoms with E-state index in [1.54, 1.807) is 0 Å². The van der Waals surface area contributed by atoms with Crippen LogP contribution in [0.5, 0.6) is 0 Å². The Morgan fingerprint density at radius 2 is 1.59 bits per heavy atom. The summed E-state index contributed by atoms with van der Waals surface area (Å²) in [5.41, 5.74) is 0.898. The molecule has 27 heavy (non-hydrogen) atoms. The van der Waals surface area contributed by atoms with Gasteiger partial charge < -0.3 is 10.1 Å². The summed E-state index contributed by atoms with van der Waals surface area (Å²) in [7, 11) is 0. The Kier molecular flexibility index (Phi) is 4.25. The third-order valence-electron chi connectivity index (χ3n) is 7.20. The van der Waals surface area contributed by atoms with Gasteiger partial charge in [0.25, 0.3) is 5.91 Å². The molecule has 5 saturated carbocycles. The molecule has 1 N–H and O–H groups in total. The van der Waals surface area contributed by atoms with Crippen molar-refractivity contribution in [3.63, 3.8) is 0 Å². The van der Waals surface area contributed by atoms with E-state index in [0.717, 1.165) is 36.2 Å². The first-order valence-electron chi connectivity index (χ1n) is 10.6. The summed E-state index contributed by atoms with van der Waals surface area (Å²) >= 11 is 0. The van der Waals surface area contributed by atoms with Gasteiger partial charge in [-0.3, -0.25) is 9.59 Å². The molecule has 1 unspecified atom stereocenters. The fraction of sp³-hybridized carbons (Fsp3) is 0.652. The summed E-state index contributed by atoms with van der Waals surface area (Å²) in [4.78, 5) is 25.6. The zero-order chi connectivity index (χ0) is 18.4. The third-order valence-corrected chi connectivity index (χ3v) is 7.20. The van der Waals surface area contributed by atoms with Crippen molar-refractivity contribution in [2.24, 2.45) is 23.2 Å². The number of carbonyl (C=O) groups excluding carboxylic acids is 2. The summed E-state index contributed by atoms with van der Waals surface area (Å²) in [6.45, 7) is 0. The SMILES string of the molecule is O=C(CC12CC3CC(CC(C3)C1)C2)OC(C(=O)NC1CC1)c1ccccc1. The second-order valence-corrected chi connectivity index (χ2v) is 9.66. The first-order chi connectivity index (χ1) is 13.1. The molecule has 4 bridgehead atoms. The van der Waals surface area contributed by atoms with E-state index in [1.807, 2.05) is 30.3 Å². The molecule has 5 fully saturated rings. The van der Waals surface area contributed by atoms with E-state index in [9.17, 15) is 9.59 Å². The topological polar surface area (TPSA) is 55.4 Å². The zero-order valence-electron chi connectivity index (χ0n) is 15.9. The van der Waals surface area contributed by atoms with Crippen LogP contribution >= 0.6 is 0 Å². The molecule has 0 aliphatic heterocycles. The number of hydrogen-bond acceptors (Lipinski definition) is 3. The average Bonchev–Trinajstić information content (AvgIpc) is 3.42. The van der Waals surface area contributed by atoms with Crippen LogP contribution in [0.4, 0.5) is 0 Å². The number of carbonyl (C=O) groups is 2. The summed E-state index contributed by atoms with van der Waals surface area (Å²) < 4.78 is 5.82. The number of hydrogen-bond donors (Lipinski definition) is 1. The van der Waals surface area contributed by atoms with Gasteiger partial charge in [-0.1, -0.05) is 30.3 Å². The lowest BCUT2D eigenvalue weighted by molar-refractivity contribution is -0.163. The molecule has 0 saturated heterocycles. The Balaban J connectivity index is 1.29. The molecule has 1 aromatic rings. The van der Waals surface area contributed by atoms with Crippen LogP contribution in [0.25, 0.3) is 0 Å². The van der Waals surface area contributed by atoms with Crippen molar-refractivity contribution in [3.05, 3.63) is 35.9 Å². The first kappa shape index (κ1) is 17.3. The van der Waals surface area contributed by atoms with Crippen molar-refractivity contribution in [3.8, 4) is 0 Å². The zero-order valence-corrected chi connectivity index (χ0v) is 15.9. The van der Waals surface area contributed by atoms with E-state index in [1.165, 1.54) is 38.5 Å². The summed E-state index contributed by atoms with van der Waals surface area (Å²) in [5.74, 6) is 2.06. The minimum atomic E-state index is -0.826. The number of nitrogens with one attached hydrogen (secondary N) is 1. The molecule has 0 aromatic heterocycles. The van der Waals surface area contributed by atoms with Gasteiger partial charge in [-0.25, -0.2) is 0 Å². The predicted octanol–water partition coefficient (Wildman–Crippen LogP) is 4.16. The summed E-state index contributed by atoms with van der Waals surface area (Å²) in [6.07, 6.45) is 9.34. The van der Waals surface area contributed by atoms with Gasteiger partial charge in [0.15, 0.2) is 0 Å². The molecular weight excluding hydrogens is 338 g/mol. The van der Waals surface area contributed by atoms with E-state index in [2.05, 4.69) is 5.32 Å². The van der Waals surface area contributed by atoms with Gasteiger partial charge in [-0.2, -0.15) is 0 Å². The van der Waals surface area contributed by atoms with Crippen LogP contribution in [-0.4, -0.2) is 17.9 Å². The number of benzene rings is 1. The standard InChI is InChI=1S/C23H29NO3/c25-20(14-23-11-15-8-16(12-23)10-17(9-15)13-23)27-21(18-4-2-1-3-5-18)22(26)24-19-6-7-19/h1-5,15-17,19,21H,6-14H2,(H,24,26). The Morgan fingerprint density at radius 3 is 2.15 bits per heavy atom. The van der Waals surface area contributed by atoms with E-state index in [0.29, 0.717) is 6.42 Å². The van der Waals surface area contributed by atoms with Gasteiger partial charge in [0.2, 0.25) is 6.10 Å². The highest BCUT2D eigenvalue weighted by Gasteiger charge is 2.52. The largest absolute Gasteiger partial charge is 0.447 e. The molecule has 0 radical (unpaired) electrons. The van der Waals surface area contributed by atoms with Crippen LogP contribution in [0.15, 0.2) is 30.3 Å². The van der Waals surface area contributed by atoms with E-state index >= 15 is 0 Å². The maximum Gasteiger partial charge on any atom is 0.307 e. The minimum Gasteiger partial charge on any atom is -0.447 e. The second-order valence-electron chi connectivity index (χ2n) is 9.66. The molecule has 144 valence electrons. The monoisotopic (exact) mass is 367 g/mol. The highest BCUT2D eigenvalue weighted by atomic mass is 16.5. The van der Waals surface area contributed by atoms with Crippen LogP contribution in [0, 0.1) is 23.2 Å². The van der Waals surface area contributed by atoms with Gasteiger partial charge in [0, 0.05) is 11.6 Å². The first-order valence-corrected chi connectivity index (χ1v) is 10.6. The van der Waals surface area contributed by atoms with Crippen LogP contribution in [0.2, 0.25) is 0 Å². The summed E-state index contributed by atoms with van der Waals surface area (Å²) in [6, 6.07) is 9.69. The van der Waals surface area contributed by atoms with Gasteiger partial charge >= 0.3 is 5.97 Å². The van der Waals surface area contributed by atoms with Crippen molar-refractivity contribution in [1.29, 1.82) is 0 Å². The molecule has 1 aromatic carbocycles. The highest BCUT2D eigenvalue weighted by Crippen LogP contribution is 2.61. The van der Waals surface area contributed by atoms with Gasteiger partial charge in [0.05, 0.1) is 6.42 Å². The number of rotatable bonds is 6. The molecule has 1 amide bonds. The van der Waals surface area contributed by atoms with Gasteiger partial charge in [-0.05, 0) is 74.5 Å². The molecule has 6 rings (SSSR count). The number of esters is 1. The smallest absolute Gasteiger partial charge is 0.307 e. The predicted molar refractivity (Wildman–Crippen MR) is 102 cm³/mol. The normalized spacial score (nSPS) is 34.9. The molecule has 5 aliphatic rings. The van der Waals surface area contributed by atoms with Crippen LogP contribution in [0.1, 0.15) is 69.5 Å². The molecule has 4 heteroatoms. The van der Waals surface area contributed by atoms with E-state index in [-0.39, 0.29) is 23.3 Å². The number of ether oxygens (including phenoxy) is 1. The molecule has 1 atom stereocenters. The van der Waals surface area contributed by atoms with E-state index in [4.69, 9.17) is 4.74 Å². The minimum absolute atomic E-state index is 0.139. The Morgan fingerprint density at radius 1 is 1.00 bits per heavy atom. The molecular formula is C23H29NO3. The van der Waals surface area contributed by atoms with Crippen LogP contribution in [0.3, 0.4) is 0 Å². The maximum atomic E-state index is 12.9. The Hall–Kier alpha value is -1.84. The van der Waals surface area contributed by atoms with Crippen molar-refractivity contribution in [2.75, 3.05) is 0 Å². The summed E-state index contributed by atoms with van der Waals surface area (Å²) in [5, 5.41) is 3.00. The van der Waals surface area contributed by atoms with Crippen LogP contribution in [-0.2, 0) is 14.3 Å². The van der Waals surface area contributed by atoms with Crippen molar-refractivity contribution in [2.45, 2.75) is 69.9 Å². The second kappa shape index (κ2) is 6.65. The Bertz CT molecular complexity index is 689. The fourth-order valence-electron chi connectivity index (χ4n) is 6.39. The van der Waals surface area contributed by atoms with Gasteiger partial charge in [-0.15, -0.1) is 0 Å². The fourth-order valence-corrected chi connectivity index (χ4v) is 6.39. The lowest BCUT2D eigenvalue weighted by Crippen LogP contribution is -2.47. The Labute approximate surface area is 161 Å².